The summed E-state index contributed by atoms with van der Waals surface area (Å²) in [6.45, 7) is 3.00. The lowest BCUT2D eigenvalue weighted by atomic mass is 9.71. The van der Waals surface area contributed by atoms with Crippen molar-refractivity contribution in [1.29, 1.82) is 0 Å². The molecule has 0 saturated heterocycles. The van der Waals surface area contributed by atoms with Crippen molar-refractivity contribution in [2.75, 3.05) is 13.2 Å². The number of carbonyl (C=O) groups is 1. The molecule has 41 heavy (non-hydrogen) atoms. The maximum absolute atomic E-state index is 13.6. The predicted molar refractivity (Wildman–Crippen MR) is 163 cm³/mol. The molecule has 4 aliphatic carbocycles. The number of carbonyl (C=O) groups excluding carboxylic acids is 1. The number of hydrogen-bond donors (Lipinski definition) is 0. The second-order valence-corrected chi connectivity index (χ2v) is 13.9. The molecule has 1 heterocycles. The van der Waals surface area contributed by atoms with Gasteiger partial charge in [0, 0.05) is 11.1 Å². The first kappa shape index (κ1) is 27.3. The highest BCUT2D eigenvalue weighted by Gasteiger charge is 2.34. The molecule has 4 heteroatoms. The van der Waals surface area contributed by atoms with Crippen LogP contribution < -0.4 is 9.47 Å². The lowest BCUT2D eigenvalue weighted by molar-refractivity contribution is -0.158. The van der Waals surface area contributed by atoms with Gasteiger partial charge in [-0.25, -0.2) is 0 Å². The van der Waals surface area contributed by atoms with Crippen LogP contribution in [0.2, 0.25) is 0 Å². The zero-order valence-electron chi connectivity index (χ0n) is 25.1. The van der Waals surface area contributed by atoms with Crippen molar-refractivity contribution in [2.45, 2.75) is 116 Å². The maximum atomic E-state index is 13.6. The number of fused-ring (bicyclic) bond motifs is 7. The zero-order valence-corrected chi connectivity index (χ0v) is 25.1. The van der Waals surface area contributed by atoms with Gasteiger partial charge in [0.25, 0.3) is 0 Å². The molecule has 2 aromatic rings. The molecule has 0 spiro atoms. The number of benzene rings is 2. The van der Waals surface area contributed by atoms with Gasteiger partial charge in [0.15, 0.2) is 0 Å². The van der Waals surface area contributed by atoms with Crippen LogP contribution in [-0.2, 0) is 35.2 Å². The van der Waals surface area contributed by atoms with E-state index in [0.717, 1.165) is 67.8 Å². The molecule has 2 aromatic carbocycles. The van der Waals surface area contributed by atoms with Crippen molar-refractivity contribution in [1.82, 2.24) is 0 Å². The second-order valence-electron chi connectivity index (χ2n) is 13.9. The monoisotopic (exact) mass is 556 g/mol. The molecule has 4 nitrogen and oxygen atoms in total. The van der Waals surface area contributed by atoms with Gasteiger partial charge in [0.05, 0.1) is 0 Å². The summed E-state index contributed by atoms with van der Waals surface area (Å²) in [5, 5.41) is 0. The average molecular weight is 557 g/mol. The van der Waals surface area contributed by atoms with Gasteiger partial charge in [0.2, 0.25) is 0 Å². The molecule has 0 bridgehead atoms. The van der Waals surface area contributed by atoms with Crippen molar-refractivity contribution in [3.05, 3.63) is 46.5 Å². The molecule has 0 atom stereocenters. The predicted octanol–water partition coefficient (Wildman–Crippen LogP) is 8.43. The minimum Gasteiger partial charge on any atom is -0.492 e. The van der Waals surface area contributed by atoms with Crippen molar-refractivity contribution in [2.24, 2.45) is 23.7 Å². The van der Waals surface area contributed by atoms with Gasteiger partial charge in [0.1, 0.15) is 36.7 Å². The lowest BCUT2D eigenvalue weighted by Gasteiger charge is -2.37. The Labute approximate surface area is 246 Å². The molecule has 0 aromatic heterocycles. The van der Waals surface area contributed by atoms with Gasteiger partial charge in [-0.05, 0) is 142 Å². The van der Waals surface area contributed by atoms with Gasteiger partial charge in [-0.3, -0.25) is 4.79 Å². The highest BCUT2D eigenvalue weighted by molar-refractivity contribution is 5.84. The van der Waals surface area contributed by atoms with E-state index in [2.05, 4.69) is 31.2 Å². The Balaban J connectivity index is 1.10. The first-order valence-corrected chi connectivity index (χ1v) is 16.9. The lowest BCUT2D eigenvalue weighted by Crippen LogP contribution is -2.34. The molecule has 1 aliphatic heterocycles. The van der Waals surface area contributed by atoms with E-state index in [1.807, 2.05) is 0 Å². The van der Waals surface area contributed by atoms with Crippen molar-refractivity contribution < 1.29 is 19.0 Å². The highest BCUT2D eigenvalue weighted by atomic mass is 16.6. The summed E-state index contributed by atoms with van der Waals surface area (Å²) in [5.41, 5.74) is 8.24. The fraction of sp³-hybridized carbons (Fsp3) is 0.649. The van der Waals surface area contributed by atoms with Crippen LogP contribution in [0, 0.1) is 23.7 Å². The van der Waals surface area contributed by atoms with Crippen LogP contribution in [0.15, 0.2) is 24.3 Å². The quantitative estimate of drug-likeness (QED) is 0.356. The number of aryl methyl sites for hydroxylation is 2. The summed E-state index contributed by atoms with van der Waals surface area (Å²) in [6, 6.07) is 8.85. The van der Waals surface area contributed by atoms with Crippen LogP contribution in [0.4, 0.5) is 0 Å². The molecule has 2 fully saturated rings. The number of esters is 1. The fourth-order valence-corrected chi connectivity index (χ4v) is 8.66. The molecule has 0 unspecified atom stereocenters. The Kier molecular flexibility index (Phi) is 8.01. The average Bonchev–Trinajstić information content (AvgIpc) is 3.09. The van der Waals surface area contributed by atoms with Crippen LogP contribution in [0.1, 0.15) is 106 Å². The molecule has 5 aliphatic rings. The zero-order chi connectivity index (χ0) is 27.8. The van der Waals surface area contributed by atoms with Gasteiger partial charge in [-0.15, -0.1) is 0 Å². The first-order chi connectivity index (χ1) is 20.1. The third-order valence-electron chi connectivity index (χ3n) is 11.2. The van der Waals surface area contributed by atoms with Crippen LogP contribution in [0.5, 0.6) is 11.5 Å². The van der Waals surface area contributed by atoms with Crippen molar-refractivity contribution >= 4 is 5.97 Å². The Bertz CT molecular complexity index is 1180. The number of ether oxygens (including phenoxy) is 3. The fourth-order valence-electron chi connectivity index (χ4n) is 8.66. The summed E-state index contributed by atoms with van der Waals surface area (Å²) >= 11 is 0. The van der Waals surface area contributed by atoms with E-state index in [0.29, 0.717) is 13.2 Å². The van der Waals surface area contributed by atoms with Crippen molar-refractivity contribution in [3.8, 4) is 22.6 Å². The second kappa shape index (κ2) is 12.0. The van der Waals surface area contributed by atoms with E-state index >= 15 is 0 Å². The minimum absolute atomic E-state index is 0.0347. The Morgan fingerprint density at radius 2 is 1.15 bits per heavy atom. The van der Waals surface area contributed by atoms with Gasteiger partial charge < -0.3 is 14.2 Å². The molecular formula is C37H48O4. The van der Waals surface area contributed by atoms with E-state index in [9.17, 15) is 4.79 Å². The van der Waals surface area contributed by atoms with Crippen LogP contribution >= 0.6 is 0 Å². The summed E-state index contributed by atoms with van der Waals surface area (Å²) in [6.07, 6.45) is 19.3. The highest BCUT2D eigenvalue weighted by Crippen LogP contribution is 2.48. The van der Waals surface area contributed by atoms with Crippen molar-refractivity contribution in [3.63, 3.8) is 0 Å². The van der Waals surface area contributed by atoms with E-state index in [-0.39, 0.29) is 12.1 Å². The van der Waals surface area contributed by atoms with E-state index in [1.54, 1.807) is 0 Å². The number of hydrogen-bond acceptors (Lipinski definition) is 4. The third-order valence-corrected chi connectivity index (χ3v) is 11.2. The standard InChI is InChI=1S/C37H48O4/c1-24-10-12-25(13-11-24)26-14-18-30(19-15-26)41-37(38)29-22-39-33-20-16-27-6-2-4-8-31(27)35(33)36-32-9-5-3-7-28(32)17-21-34(36)40-23-29/h16-17,20-21,24-26,29-30H,2-15,18-19,22-23H2,1H3. The molecular weight excluding hydrogens is 508 g/mol. The normalized spacial score (nSPS) is 28.2. The summed E-state index contributed by atoms with van der Waals surface area (Å²) < 4.78 is 19.3. The topological polar surface area (TPSA) is 44.8 Å². The third kappa shape index (κ3) is 5.65. The van der Waals surface area contributed by atoms with E-state index in [4.69, 9.17) is 14.2 Å². The first-order valence-electron chi connectivity index (χ1n) is 16.9. The molecule has 2 saturated carbocycles. The SMILES string of the molecule is CC1CCC(C2CCC(OC(=O)C3COc4ccc5c(c4-c4c(ccc6c4CCCC6)OC3)CCCC5)CC2)CC1. The Morgan fingerprint density at radius 3 is 1.68 bits per heavy atom. The van der Waals surface area contributed by atoms with Crippen LogP contribution in [0.3, 0.4) is 0 Å². The summed E-state index contributed by atoms with van der Waals surface area (Å²) in [4.78, 5) is 13.6. The molecule has 7 rings (SSSR count). The molecule has 0 amide bonds. The summed E-state index contributed by atoms with van der Waals surface area (Å²) in [5.74, 6) is 3.84. The minimum atomic E-state index is -0.432. The Morgan fingerprint density at radius 1 is 0.659 bits per heavy atom. The molecule has 220 valence electrons. The van der Waals surface area contributed by atoms with Gasteiger partial charge >= 0.3 is 5.97 Å². The molecule has 0 N–H and O–H groups in total. The number of rotatable bonds is 3. The largest absolute Gasteiger partial charge is 0.492 e. The van der Waals surface area contributed by atoms with Gasteiger partial charge in [-0.2, -0.15) is 0 Å². The molecule has 0 radical (unpaired) electrons. The maximum Gasteiger partial charge on any atom is 0.316 e. The Hall–Kier alpha value is -2.49. The van der Waals surface area contributed by atoms with Crippen LogP contribution in [-0.4, -0.2) is 25.3 Å². The smallest absolute Gasteiger partial charge is 0.316 e. The van der Waals surface area contributed by atoms with E-state index in [1.165, 1.54) is 97.6 Å². The van der Waals surface area contributed by atoms with Crippen LogP contribution in [0.25, 0.3) is 11.1 Å². The van der Waals surface area contributed by atoms with Gasteiger partial charge in [-0.1, -0.05) is 31.9 Å². The van der Waals surface area contributed by atoms with E-state index < -0.39 is 5.92 Å². The summed E-state index contributed by atoms with van der Waals surface area (Å²) in [7, 11) is 0.